The molecule has 2 bridgehead atoms. The summed E-state index contributed by atoms with van der Waals surface area (Å²) in [5, 5.41) is 14.7. The Morgan fingerprint density at radius 1 is 1.09 bits per heavy atom. The summed E-state index contributed by atoms with van der Waals surface area (Å²) < 4.78 is 34.0. The number of nitrogens with zero attached hydrogens (tertiary/aromatic N) is 1. The molecule has 1 spiro atoms. The van der Waals surface area contributed by atoms with Crippen molar-refractivity contribution in [2.75, 3.05) is 20.7 Å². The number of esters is 3. The summed E-state index contributed by atoms with van der Waals surface area (Å²) >= 11 is 0. The van der Waals surface area contributed by atoms with Crippen molar-refractivity contribution in [3.63, 3.8) is 0 Å². The maximum Gasteiger partial charge on any atom is 0.408 e. The van der Waals surface area contributed by atoms with Gasteiger partial charge in [0.15, 0.2) is 23.7 Å². The molecule has 1 saturated heterocycles. The van der Waals surface area contributed by atoms with Crippen molar-refractivity contribution in [3.8, 4) is 11.5 Å². The maximum absolute atomic E-state index is 13.4. The molecule has 0 aromatic heterocycles. The van der Waals surface area contributed by atoms with Gasteiger partial charge in [-0.3, -0.25) is 4.79 Å². The van der Waals surface area contributed by atoms with Crippen molar-refractivity contribution < 1.29 is 52.7 Å². The fourth-order valence-corrected chi connectivity index (χ4v) is 7.28. The second-order valence-electron chi connectivity index (χ2n) is 14.8. The van der Waals surface area contributed by atoms with Crippen molar-refractivity contribution in [3.05, 3.63) is 35.1 Å². The SMILES string of the molecule is COc1ccc2c3c1O[C@H]1C(OC(=O)[C@H](C)OC(=O)[C@H](CC(=O)OC(C)(C)C)NC(=O)OC(C)(C)C)=CC[C@@]4(O)[C@H](C2)N(C)CC[C@]314. The quantitative estimate of drug-likeness (QED) is 0.311. The fourth-order valence-electron chi connectivity index (χ4n) is 7.28. The molecular formula is C34H46N2O11. The van der Waals surface area contributed by atoms with E-state index in [1.807, 2.05) is 19.2 Å². The largest absolute Gasteiger partial charge is 0.493 e. The molecular weight excluding hydrogens is 612 g/mol. The monoisotopic (exact) mass is 658 g/mol. The minimum absolute atomic E-state index is 0.179. The molecule has 2 heterocycles. The fraction of sp³-hybridized carbons (Fsp3) is 0.647. The van der Waals surface area contributed by atoms with E-state index in [1.54, 1.807) is 54.7 Å². The van der Waals surface area contributed by atoms with Crippen LogP contribution in [0.25, 0.3) is 0 Å². The zero-order valence-electron chi connectivity index (χ0n) is 28.6. The predicted molar refractivity (Wildman–Crippen MR) is 167 cm³/mol. The molecule has 258 valence electrons. The van der Waals surface area contributed by atoms with E-state index in [2.05, 4.69) is 10.2 Å². The lowest BCUT2D eigenvalue weighted by Gasteiger charge is -2.61. The number of ether oxygens (including phenoxy) is 6. The number of hydrogen-bond acceptors (Lipinski definition) is 12. The lowest BCUT2D eigenvalue weighted by atomic mass is 9.50. The Bertz CT molecular complexity index is 1460. The summed E-state index contributed by atoms with van der Waals surface area (Å²) in [4.78, 5) is 54.0. The molecule has 0 unspecified atom stereocenters. The van der Waals surface area contributed by atoms with Gasteiger partial charge in [-0.05, 0) is 92.6 Å². The smallest absolute Gasteiger partial charge is 0.408 e. The lowest BCUT2D eigenvalue weighted by molar-refractivity contribution is -0.176. The number of amides is 1. The molecule has 2 aliphatic heterocycles. The Morgan fingerprint density at radius 3 is 2.40 bits per heavy atom. The minimum atomic E-state index is -1.50. The third-order valence-electron chi connectivity index (χ3n) is 9.17. The molecule has 13 heteroatoms. The van der Waals surface area contributed by atoms with Gasteiger partial charge in [0.25, 0.3) is 0 Å². The third kappa shape index (κ3) is 6.27. The number of carbonyl (C=O) groups is 4. The van der Waals surface area contributed by atoms with E-state index in [9.17, 15) is 24.3 Å². The van der Waals surface area contributed by atoms with Gasteiger partial charge in [0.05, 0.1) is 24.5 Å². The molecule has 5 rings (SSSR count). The van der Waals surface area contributed by atoms with Gasteiger partial charge in [0, 0.05) is 18.0 Å². The Hall–Kier alpha value is -3.84. The second kappa shape index (κ2) is 12.0. The van der Waals surface area contributed by atoms with Gasteiger partial charge < -0.3 is 43.7 Å². The van der Waals surface area contributed by atoms with E-state index < -0.39 is 70.9 Å². The number of carbonyl (C=O) groups excluding carboxylic acids is 4. The Kier molecular flexibility index (Phi) is 8.80. The molecule has 6 atom stereocenters. The molecule has 47 heavy (non-hydrogen) atoms. The first-order valence-electron chi connectivity index (χ1n) is 15.9. The van der Waals surface area contributed by atoms with E-state index in [4.69, 9.17) is 28.4 Å². The maximum atomic E-state index is 13.4. The normalized spacial score (nSPS) is 27.2. The number of likely N-dealkylation sites (N-methyl/N-ethyl adjacent to an activating group) is 1. The zero-order valence-corrected chi connectivity index (χ0v) is 28.6. The first kappa shape index (κ1) is 34.5. The van der Waals surface area contributed by atoms with Crippen LogP contribution in [0.15, 0.2) is 24.0 Å². The average molecular weight is 659 g/mol. The molecule has 13 nitrogen and oxygen atoms in total. The van der Waals surface area contributed by atoms with Gasteiger partial charge >= 0.3 is 24.0 Å². The number of alkyl carbamates (subject to hydrolysis) is 1. The van der Waals surface area contributed by atoms with E-state index in [-0.39, 0.29) is 18.2 Å². The van der Waals surface area contributed by atoms with Crippen LogP contribution >= 0.6 is 0 Å². The van der Waals surface area contributed by atoms with Gasteiger partial charge in [-0.2, -0.15) is 0 Å². The van der Waals surface area contributed by atoms with Crippen LogP contribution in [0.4, 0.5) is 4.79 Å². The number of piperidine rings is 1. The molecule has 1 aromatic rings. The first-order valence-corrected chi connectivity index (χ1v) is 15.9. The van der Waals surface area contributed by atoms with Crippen LogP contribution in [-0.2, 0) is 45.2 Å². The number of likely N-dealkylation sites (tertiary alicyclic amines) is 1. The summed E-state index contributed by atoms with van der Waals surface area (Å²) in [5.41, 5.74) is -1.86. The van der Waals surface area contributed by atoms with E-state index in [0.717, 1.165) is 11.1 Å². The minimum Gasteiger partial charge on any atom is -0.493 e. The summed E-state index contributed by atoms with van der Waals surface area (Å²) in [6.45, 7) is 12.0. The molecule has 0 saturated carbocycles. The summed E-state index contributed by atoms with van der Waals surface area (Å²) in [6, 6.07) is 2.16. The Labute approximate surface area is 274 Å². The molecule has 2 N–H and O–H groups in total. The van der Waals surface area contributed by atoms with Gasteiger partial charge in [-0.25, -0.2) is 14.4 Å². The highest BCUT2D eigenvalue weighted by molar-refractivity contribution is 5.88. The number of benzene rings is 1. The van der Waals surface area contributed by atoms with E-state index in [1.165, 1.54) is 6.92 Å². The summed E-state index contributed by atoms with van der Waals surface area (Å²) in [6.07, 6.45) is -0.707. The standard InChI is InChI=1S/C34H46N2O11/c1-18(43-29(39)20(17-24(37)46-31(2,3)4)35-30(40)47-32(5,6)7)28(38)44-22-12-13-34(41)23-16-19-10-11-21(42-9)26-25(19)33(34,27(22)45-26)14-15-36(23)8/h10-12,18,20,23,27,41H,13-17H2,1-9H3,(H,35,40)/t18-,20-,23-,27-,33-,34+/m0/s1. The lowest BCUT2D eigenvalue weighted by Crippen LogP contribution is -2.74. The highest BCUT2D eigenvalue weighted by Gasteiger charge is 2.72. The molecule has 1 fully saturated rings. The van der Waals surface area contributed by atoms with Crippen molar-refractivity contribution >= 4 is 24.0 Å². The highest BCUT2D eigenvalue weighted by atomic mass is 16.6. The highest BCUT2D eigenvalue weighted by Crippen LogP contribution is 2.65. The van der Waals surface area contributed by atoms with Crippen LogP contribution in [0.3, 0.4) is 0 Å². The van der Waals surface area contributed by atoms with Crippen LogP contribution in [0.5, 0.6) is 11.5 Å². The van der Waals surface area contributed by atoms with Crippen molar-refractivity contribution in [2.24, 2.45) is 0 Å². The molecule has 1 amide bonds. The number of aliphatic hydroxyl groups is 1. The predicted octanol–water partition coefficient (Wildman–Crippen LogP) is 3.07. The Balaban J connectivity index is 1.35. The van der Waals surface area contributed by atoms with E-state index >= 15 is 0 Å². The van der Waals surface area contributed by atoms with Crippen molar-refractivity contribution in [1.82, 2.24) is 10.2 Å². The summed E-state index contributed by atoms with van der Waals surface area (Å²) in [7, 11) is 3.55. The first-order chi connectivity index (χ1) is 21.8. The van der Waals surface area contributed by atoms with Gasteiger partial charge in [-0.15, -0.1) is 0 Å². The second-order valence-corrected chi connectivity index (χ2v) is 14.8. The number of nitrogens with one attached hydrogen (secondary N) is 1. The number of rotatable bonds is 8. The topological polar surface area (TPSA) is 159 Å². The number of hydrogen-bond donors (Lipinski definition) is 2. The Morgan fingerprint density at radius 2 is 1.77 bits per heavy atom. The molecule has 2 aliphatic carbocycles. The molecule has 1 aromatic carbocycles. The van der Waals surface area contributed by atoms with Crippen LogP contribution in [0.1, 0.15) is 78.9 Å². The average Bonchev–Trinajstić information content (AvgIpc) is 3.30. The van der Waals surface area contributed by atoms with Gasteiger partial charge in [0.2, 0.25) is 0 Å². The van der Waals surface area contributed by atoms with Crippen molar-refractivity contribution in [1.29, 1.82) is 0 Å². The van der Waals surface area contributed by atoms with Crippen LogP contribution < -0.4 is 14.8 Å². The van der Waals surface area contributed by atoms with Crippen molar-refractivity contribution in [2.45, 2.75) is 121 Å². The number of methoxy groups -OCH3 is 1. The van der Waals surface area contributed by atoms with Crippen LogP contribution in [-0.4, -0.2) is 95.8 Å². The van der Waals surface area contributed by atoms with Gasteiger partial charge in [0.1, 0.15) is 23.0 Å². The van der Waals surface area contributed by atoms with Gasteiger partial charge in [-0.1, -0.05) is 6.07 Å². The molecule has 0 radical (unpaired) electrons. The van der Waals surface area contributed by atoms with Crippen LogP contribution in [0, 0.1) is 0 Å². The summed E-state index contributed by atoms with van der Waals surface area (Å²) in [5.74, 6) is -1.46. The molecule has 4 aliphatic rings. The van der Waals surface area contributed by atoms with Crippen LogP contribution in [0.2, 0.25) is 0 Å². The van der Waals surface area contributed by atoms with E-state index in [0.29, 0.717) is 30.9 Å². The third-order valence-corrected chi connectivity index (χ3v) is 9.17. The zero-order chi connectivity index (χ0) is 34.7.